The molecule has 11 heavy (non-hydrogen) atoms. The summed E-state index contributed by atoms with van der Waals surface area (Å²) < 4.78 is 5.54. The summed E-state index contributed by atoms with van der Waals surface area (Å²) >= 11 is 0. The van der Waals surface area contributed by atoms with Crippen molar-refractivity contribution in [1.29, 1.82) is 0 Å². The zero-order valence-corrected chi connectivity index (χ0v) is 7.60. The molecule has 0 bridgehead atoms. The number of ether oxygens (including phenoxy) is 1. The van der Waals surface area contributed by atoms with Crippen molar-refractivity contribution in [3.63, 3.8) is 0 Å². The van der Waals surface area contributed by atoms with Crippen LogP contribution in [0, 0.1) is 5.41 Å². The predicted molar refractivity (Wildman–Crippen MR) is 46.4 cm³/mol. The Bertz CT molecular complexity index is 117. The normalized spacial score (nSPS) is 25.9. The fraction of sp³-hybridized carbons (Fsp3) is 1.00. The molecule has 0 unspecified atom stereocenters. The van der Waals surface area contributed by atoms with Crippen molar-refractivity contribution in [2.75, 3.05) is 13.2 Å². The van der Waals surface area contributed by atoms with Crippen LogP contribution in [0.4, 0.5) is 0 Å². The van der Waals surface area contributed by atoms with Gasteiger partial charge in [-0.1, -0.05) is 13.8 Å². The third kappa shape index (κ3) is 2.80. The van der Waals surface area contributed by atoms with Gasteiger partial charge in [0.1, 0.15) is 0 Å². The molecule has 0 spiro atoms. The second-order valence-corrected chi connectivity index (χ2v) is 4.21. The largest absolute Gasteiger partial charge is 0.378 e. The molecule has 1 aliphatic rings. The SMILES string of the molecule is CC(C)(CN)C[C@H]1CCCO1. The molecule has 0 amide bonds. The molecule has 1 rings (SSSR count). The average molecular weight is 157 g/mol. The average Bonchev–Trinajstić information content (AvgIpc) is 2.39. The molecular weight excluding hydrogens is 138 g/mol. The van der Waals surface area contributed by atoms with Gasteiger partial charge in [0, 0.05) is 6.61 Å². The van der Waals surface area contributed by atoms with E-state index in [0.29, 0.717) is 6.10 Å². The summed E-state index contributed by atoms with van der Waals surface area (Å²) in [5, 5.41) is 0. The second-order valence-electron chi connectivity index (χ2n) is 4.21. The lowest BCUT2D eigenvalue weighted by atomic mass is 9.86. The van der Waals surface area contributed by atoms with Gasteiger partial charge in [0.15, 0.2) is 0 Å². The number of hydrogen-bond acceptors (Lipinski definition) is 2. The van der Waals surface area contributed by atoms with Crippen LogP contribution >= 0.6 is 0 Å². The fourth-order valence-corrected chi connectivity index (χ4v) is 1.50. The molecule has 1 fully saturated rings. The molecule has 2 heteroatoms. The standard InChI is InChI=1S/C9H19NO/c1-9(2,7-10)6-8-4-3-5-11-8/h8H,3-7,10H2,1-2H3/t8-/m1/s1. The Kier molecular flexibility index (Phi) is 2.90. The van der Waals surface area contributed by atoms with Gasteiger partial charge in [-0.05, 0) is 31.2 Å². The van der Waals surface area contributed by atoms with E-state index in [2.05, 4.69) is 13.8 Å². The van der Waals surface area contributed by atoms with Crippen molar-refractivity contribution in [2.24, 2.45) is 11.1 Å². The topological polar surface area (TPSA) is 35.2 Å². The Morgan fingerprint density at radius 1 is 1.55 bits per heavy atom. The lowest BCUT2D eigenvalue weighted by Crippen LogP contribution is -2.28. The number of nitrogens with two attached hydrogens (primary N) is 1. The number of hydrogen-bond donors (Lipinski definition) is 1. The van der Waals surface area contributed by atoms with E-state index in [9.17, 15) is 0 Å². The molecule has 0 aromatic heterocycles. The van der Waals surface area contributed by atoms with E-state index in [-0.39, 0.29) is 5.41 Å². The summed E-state index contributed by atoms with van der Waals surface area (Å²) in [6.07, 6.45) is 4.05. The maximum atomic E-state index is 5.63. The third-order valence-corrected chi connectivity index (χ3v) is 2.36. The van der Waals surface area contributed by atoms with E-state index in [1.165, 1.54) is 12.8 Å². The van der Waals surface area contributed by atoms with Gasteiger partial charge in [0.2, 0.25) is 0 Å². The molecule has 2 N–H and O–H groups in total. The van der Waals surface area contributed by atoms with Gasteiger partial charge in [-0.3, -0.25) is 0 Å². The monoisotopic (exact) mass is 157 g/mol. The van der Waals surface area contributed by atoms with Crippen LogP contribution in [0.5, 0.6) is 0 Å². The van der Waals surface area contributed by atoms with Crippen molar-refractivity contribution in [3.8, 4) is 0 Å². The van der Waals surface area contributed by atoms with Crippen molar-refractivity contribution < 1.29 is 4.74 Å². The zero-order valence-electron chi connectivity index (χ0n) is 7.60. The van der Waals surface area contributed by atoms with Crippen LogP contribution in [0.25, 0.3) is 0 Å². The predicted octanol–water partition coefficient (Wildman–Crippen LogP) is 1.54. The van der Waals surface area contributed by atoms with Gasteiger partial charge in [0.25, 0.3) is 0 Å². The second kappa shape index (κ2) is 3.55. The Morgan fingerprint density at radius 3 is 2.73 bits per heavy atom. The van der Waals surface area contributed by atoms with Gasteiger partial charge < -0.3 is 10.5 Å². The molecule has 2 nitrogen and oxygen atoms in total. The van der Waals surface area contributed by atoms with Crippen molar-refractivity contribution in [2.45, 2.75) is 39.2 Å². The summed E-state index contributed by atoms with van der Waals surface area (Å²) in [4.78, 5) is 0. The Hall–Kier alpha value is -0.0800. The highest BCUT2D eigenvalue weighted by molar-refractivity contribution is 4.76. The molecule has 0 aliphatic carbocycles. The summed E-state index contributed by atoms with van der Waals surface area (Å²) in [6, 6.07) is 0. The zero-order chi connectivity index (χ0) is 8.32. The molecule has 1 saturated heterocycles. The van der Waals surface area contributed by atoms with Crippen LogP contribution in [-0.2, 0) is 4.74 Å². The summed E-state index contributed by atoms with van der Waals surface area (Å²) in [5.41, 5.74) is 5.89. The van der Waals surface area contributed by atoms with E-state index in [1.54, 1.807) is 0 Å². The highest BCUT2D eigenvalue weighted by Gasteiger charge is 2.24. The van der Waals surface area contributed by atoms with E-state index in [0.717, 1.165) is 19.6 Å². The molecular formula is C9H19NO. The van der Waals surface area contributed by atoms with Crippen molar-refractivity contribution in [3.05, 3.63) is 0 Å². The van der Waals surface area contributed by atoms with Crippen LogP contribution in [0.1, 0.15) is 33.1 Å². The van der Waals surface area contributed by atoms with E-state index in [1.807, 2.05) is 0 Å². The van der Waals surface area contributed by atoms with Gasteiger partial charge in [-0.15, -0.1) is 0 Å². The first-order chi connectivity index (χ1) is 5.14. The van der Waals surface area contributed by atoms with E-state index in [4.69, 9.17) is 10.5 Å². The first-order valence-electron chi connectivity index (χ1n) is 4.46. The first-order valence-corrected chi connectivity index (χ1v) is 4.46. The lowest BCUT2D eigenvalue weighted by molar-refractivity contribution is 0.0737. The minimum Gasteiger partial charge on any atom is -0.378 e. The Balaban J connectivity index is 2.28. The lowest BCUT2D eigenvalue weighted by Gasteiger charge is -2.25. The minimum absolute atomic E-state index is 0.259. The molecule has 0 aromatic carbocycles. The highest BCUT2D eigenvalue weighted by Crippen LogP contribution is 2.27. The van der Waals surface area contributed by atoms with Crippen LogP contribution in [0.2, 0.25) is 0 Å². The van der Waals surface area contributed by atoms with Crippen molar-refractivity contribution in [1.82, 2.24) is 0 Å². The highest BCUT2D eigenvalue weighted by atomic mass is 16.5. The van der Waals surface area contributed by atoms with Crippen molar-refractivity contribution >= 4 is 0 Å². The van der Waals surface area contributed by atoms with Crippen LogP contribution in [0.15, 0.2) is 0 Å². The van der Waals surface area contributed by atoms with Crippen LogP contribution < -0.4 is 5.73 Å². The molecule has 0 radical (unpaired) electrons. The van der Waals surface area contributed by atoms with E-state index < -0.39 is 0 Å². The molecule has 1 aliphatic heterocycles. The smallest absolute Gasteiger partial charge is 0.0581 e. The third-order valence-electron chi connectivity index (χ3n) is 2.36. The summed E-state index contributed by atoms with van der Waals surface area (Å²) in [5.74, 6) is 0. The Morgan fingerprint density at radius 2 is 2.27 bits per heavy atom. The van der Waals surface area contributed by atoms with Crippen LogP contribution in [-0.4, -0.2) is 19.3 Å². The minimum atomic E-state index is 0.259. The van der Waals surface area contributed by atoms with Gasteiger partial charge in [-0.2, -0.15) is 0 Å². The molecule has 0 saturated carbocycles. The molecule has 0 aromatic rings. The van der Waals surface area contributed by atoms with E-state index >= 15 is 0 Å². The summed E-state index contributed by atoms with van der Waals surface area (Å²) in [7, 11) is 0. The number of rotatable bonds is 3. The van der Waals surface area contributed by atoms with Crippen LogP contribution in [0.3, 0.4) is 0 Å². The fourth-order valence-electron chi connectivity index (χ4n) is 1.50. The van der Waals surface area contributed by atoms with Gasteiger partial charge in [-0.25, -0.2) is 0 Å². The van der Waals surface area contributed by atoms with Gasteiger partial charge >= 0.3 is 0 Å². The molecule has 66 valence electrons. The molecule has 1 atom stereocenters. The summed E-state index contributed by atoms with van der Waals surface area (Å²) in [6.45, 7) is 6.11. The molecule has 1 heterocycles. The van der Waals surface area contributed by atoms with Gasteiger partial charge in [0.05, 0.1) is 6.10 Å². The maximum absolute atomic E-state index is 5.63. The quantitative estimate of drug-likeness (QED) is 0.674. The maximum Gasteiger partial charge on any atom is 0.0581 e. The Labute approximate surface area is 69.1 Å². The first kappa shape index (κ1) is 9.01.